The van der Waals surface area contributed by atoms with Crippen molar-refractivity contribution in [1.82, 2.24) is 20.7 Å². The number of nitrogens with zero attached hydrogens (tertiary/aromatic N) is 2. The van der Waals surface area contributed by atoms with Crippen LogP contribution in [0.2, 0.25) is 0 Å². The lowest BCUT2D eigenvalue weighted by Gasteiger charge is -2.32. The number of benzene rings is 3. The number of hydrazine groups is 1. The molecule has 2 amide bonds. The highest BCUT2D eigenvalue weighted by molar-refractivity contribution is 5.84. The fourth-order valence-electron chi connectivity index (χ4n) is 4.12. The average Bonchev–Trinajstić information content (AvgIpc) is 2.94. The Morgan fingerprint density at radius 1 is 1.00 bits per heavy atom. The van der Waals surface area contributed by atoms with Crippen LogP contribution in [0.5, 0.6) is 5.75 Å². The molecule has 0 spiro atoms. The van der Waals surface area contributed by atoms with E-state index in [4.69, 9.17) is 10.5 Å². The van der Waals surface area contributed by atoms with Crippen LogP contribution in [0.4, 0.5) is 4.39 Å². The maximum Gasteiger partial charge on any atom is 0.231 e. The Balaban J connectivity index is 1.84. The Morgan fingerprint density at radius 2 is 1.66 bits per heavy atom. The maximum atomic E-state index is 14.1. The molecule has 4 N–H and O–H groups in total. The number of halogens is 1. The second-order valence-electron chi connectivity index (χ2n) is 8.92. The van der Waals surface area contributed by atoms with Gasteiger partial charge in [-0.25, -0.2) is 9.40 Å². The number of hydrogen-bond acceptors (Lipinski definition) is 6. The number of ether oxygens (including phenoxy) is 1. The molecule has 0 aliphatic carbocycles. The number of rotatable bonds is 15. The SMILES string of the molecule is CCN(C[C@H](C(=O)N(Cc1ccc(OC)cc1)CC(N)NC=O)c1ccccc1)NCc1ccc(F)cc1. The summed E-state index contributed by atoms with van der Waals surface area (Å²) in [5.41, 5.74) is 12.2. The predicted molar refractivity (Wildman–Crippen MR) is 145 cm³/mol. The van der Waals surface area contributed by atoms with Crippen LogP contribution in [-0.2, 0) is 22.7 Å². The molecule has 0 saturated heterocycles. The van der Waals surface area contributed by atoms with Crippen LogP contribution in [-0.4, -0.2) is 55.1 Å². The van der Waals surface area contributed by atoms with Crippen molar-refractivity contribution in [3.63, 3.8) is 0 Å². The molecule has 9 heteroatoms. The van der Waals surface area contributed by atoms with Crippen LogP contribution >= 0.6 is 0 Å². The Labute approximate surface area is 223 Å². The van der Waals surface area contributed by atoms with Gasteiger partial charge in [0.1, 0.15) is 11.6 Å². The van der Waals surface area contributed by atoms with Crippen molar-refractivity contribution < 1.29 is 18.7 Å². The fraction of sp³-hybridized carbons (Fsp3) is 0.310. The lowest BCUT2D eigenvalue weighted by atomic mass is 9.96. The predicted octanol–water partition coefficient (Wildman–Crippen LogP) is 3.00. The highest BCUT2D eigenvalue weighted by atomic mass is 19.1. The molecule has 202 valence electrons. The van der Waals surface area contributed by atoms with Crippen molar-refractivity contribution in [1.29, 1.82) is 0 Å². The summed E-state index contributed by atoms with van der Waals surface area (Å²) in [6.45, 7) is 3.99. The molecular formula is C29H36FN5O3. The summed E-state index contributed by atoms with van der Waals surface area (Å²) in [6.07, 6.45) is -0.182. The molecule has 38 heavy (non-hydrogen) atoms. The molecule has 3 aromatic carbocycles. The molecule has 1 unspecified atom stereocenters. The number of methoxy groups -OCH3 is 1. The first-order valence-corrected chi connectivity index (χ1v) is 12.6. The van der Waals surface area contributed by atoms with Crippen molar-refractivity contribution in [2.24, 2.45) is 5.73 Å². The van der Waals surface area contributed by atoms with Crippen LogP contribution < -0.4 is 21.2 Å². The van der Waals surface area contributed by atoms with Gasteiger partial charge in [-0.1, -0.05) is 61.5 Å². The van der Waals surface area contributed by atoms with E-state index < -0.39 is 12.1 Å². The minimum Gasteiger partial charge on any atom is -0.497 e. The largest absolute Gasteiger partial charge is 0.497 e. The maximum absolute atomic E-state index is 14.1. The Hall–Kier alpha value is -3.79. The summed E-state index contributed by atoms with van der Waals surface area (Å²) in [7, 11) is 1.60. The van der Waals surface area contributed by atoms with E-state index in [1.165, 1.54) is 12.1 Å². The van der Waals surface area contributed by atoms with E-state index in [0.717, 1.165) is 22.4 Å². The van der Waals surface area contributed by atoms with Crippen LogP contribution in [0.15, 0.2) is 78.9 Å². The van der Waals surface area contributed by atoms with Gasteiger partial charge in [0.05, 0.1) is 25.7 Å². The van der Waals surface area contributed by atoms with E-state index in [1.807, 2.05) is 66.5 Å². The second kappa shape index (κ2) is 14.8. The van der Waals surface area contributed by atoms with E-state index in [0.29, 0.717) is 32.6 Å². The molecule has 0 heterocycles. The van der Waals surface area contributed by atoms with Gasteiger partial charge in [0.15, 0.2) is 0 Å². The summed E-state index contributed by atoms with van der Waals surface area (Å²) in [6, 6.07) is 23.4. The van der Waals surface area contributed by atoms with E-state index in [1.54, 1.807) is 24.1 Å². The van der Waals surface area contributed by atoms with Crippen molar-refractivity contribution in [3.05, 3.63) is 101 Å². The smallest absolute Gasteiger partial charge is 0.231 e. The van der Waals surface area contributed by atoms with E-state index in [2.05, 4.69) is 10.7 Å². The molecule has 0 fully saturated rings. The third-order valence-electron chi connectivity index (χ3n) is 6.25. The zero-order valence-electron chi connectivity index (χ0n) is 21.8. The van der Waals surface area contributed by atoms with Gasteiger partial charge in [-0.15, -0.1) is 0 Å². The van der Waals surface area contributed by atoms with Crippen molar-refractivity contribution in [3.8, 4) is 5.75 Å². The van der Waals surface area contributed by atoms with Gasteiger partial charge < -0.3 is 20.7 Å². The van der Waals surface area contributed by atoms with Crippen LogP contribution in [0.3, 0.4) is 0 Å². The molecule has 3 rings (SSSR count). The zero-order valence-corrected chi connectivity index (χ0v) is 21.8. The van der Waals surface area contributed by atoms with Gasteiger partial charge in [-0.2, -0.15) is 0 Å². The zero-order chi connectivity index (χ0) is 27.3. The molecule has 0 aliphatic heterocycles. The van der Waals surface area contributed by atoms with Gasteiger partial charge in [0, 0.05) is 26.2 Å². The van der Waals surface area contributed by atoms with E-state index in [9.17, 15) is 14.0 Å². The average molecular weight is 522 g/mol. The monoisotopic (exact) mass is 521 g/mol. The summed E-state index contributed by atoms with van der Waals surface area (Å²) in [5, 5.41) is 4.52. The van der Waals surface area contributed by atoms with Gasteiger partial charge >= 0.3 is 0 Å². The third kappa shape index (κ3) is 8.65. The van der Waals surface area contributed by atoms with Crippen LogP contribution in [0, 0.1) is 5.82 Å². The summed E-state index contributed by atoms with van der Waals surface area (Å²) in [5.74, 6) is -0.176. The molecule has 8 nitrogen and oxygen atoms in total. The number of likely N-dealkylation sites (N-methyl/N-ethyl adjacent to an activating group) is 1. The standard InChI is InChI=1S/C29H36FN5O3/c1-3-35(33-17-22-9-13-25(30)14-10-22)19-27(24-7-5-4-6-8-24)29(37)34(20-28(31)32-21-36)18-23-11-15-26(38-2)16-12-23/h4-16,21,27-28,33H,3,17-20,31H2,1-2H3,(H,32,36)/t27-,28?/m0/s1. The summed E-state index contributed by atoms with van der Waals surface area (Å²) >= 11 is 0. The van der Waals surface area contributed by atoms with Crippen molar-refractivity contribution in [2.45, 2.75) is 32.1 Å². The number of nitrogens with one attached hydrogen (secondary N) is 2. The Bertz CT molecular complexity index is 1130. The molecule has 0 aliphatic rings. The van der Waals surface area contributed by atoms with E-state index >= 15 is 0 Å². The molecule has 0 aromatic heterocycles. The molecule has 3 aromatic rings. The van der Waals surface area contributed by atoms with Gasteiger partial charge in [0.2, 0.25) is 12.3 Å². The molecule has 0 saturated carbocycles. The topological polar surface area (TPSA) is 99.9 Å². The lowest BCUT2D eigenvalue weighted by Crippen LogP contribution is -2.50. The molecular weight excluding hydrogens is 485 g/mol. The number of hydrogen-bond donors (Lipinski definition) is 3. The van der Waals surface area contributed by atoms with E-state index in [-0.39, 0.29) is 18.3 Å². The highest BCUT2D eigenvalue weighted by Crippen LogP contribution is 2.22. The Kier molecular flexibility index (Phi) is 11.2. The number of amides is 2. The van der Waals surface area contributed by atoms with Crippen LogP contribution in [0.25, 0.3) is 0 Å². The normalized spacial score (nSPS) is 12.6. The third-order valence-corrected chi connectivity index (χ3v) is 6.25. The Morgan fingerprint density at radius 3 is 2.26 bits per heavy atom. The summed E-state index contributed by atoms with van der Waals surface area (Å²) in [4.78, 5) is 26.8. The first kappa shape index (κ1) is 28.8. The lowest BCUT2D eigenvalue weighted by molar-refractivity contribution is -0.134. The van der Waals surface area contributed by atoms with Gasteiger partial charge in [0.25, 0.3) is 0 Å². The fourth-order valence-corrected chi connectivity index (χ4v) is 4.12. The molecule has 2 atom stereocenters. The first-order chi connectivity index (χ1) is 18.4. The first-order valence-electron chi connectivity index (χ1n) is 12.6. The van der Waals surface area contributed by atoms with Gasteiger partial charge in [-0.05, 0) is 41.0 Å². The second-order valence-corrected chi connectivity index (χ2v) is 8.92. The molecule has 0 bridgehead atoms. The van der Waals surface area contributed by atoms with Crippen LogP contribution in [0.1, 0.15) is 29.5 Å². The summed E-state index contributed by atoms with van der Waals surface area (Å²) < 4.78 is 18.5. The number of carbonyl (C=O) groups is 2. The number of carbonyl (C=O) groups excluding carboxylic acids is 2. The van der Waals surface area contributed by atoms with Gasteiger partial charge in [-0.3, -0.25) is 15.0 Å². The minimum absolute atomic E-state index is 0.114. The number of nitrogens with two attached hydrogens (primary N) is 1. The van der Waals surface area contributed by atoms with Crippen molar-refractivity contribution in [2.75, 3.05) is 26.7 Å². The highest BCUT2D eigenvalue weighted by Gasteiger charge is 2.29. The quantitative estimate of drug-likeness (QED) is 0.162. The molecule has 0 radical (unpaired) electrons. The van der Waals surface area contributed by atoms with Crippen molar-refractivity contribution >= 4 is 12.3 Å². The minimum atomic E-state index is -0.718.